The molecular weight excluding hydrogens is 590 g/mol. The van der Waals surface area contributed by atoms with Gasteiger partial charge in [0, 0.05) is 22.6 Å². The van der Waals surface area contributed by atoms with Crippen LogP contribution in [-0.2, 0) is 26.2 Å². The first kappa shape index (κ1) is 29.7. The van der Waals surface area contributed by atoms with Crippen LogP contribution in [0.3, 0.4) is 0 Å². The second kappa shape index (κ2) is 13.3. The molecule has 7 nitrogen and oxygen atoms in total. The molecule has 0 saturated carbocycles. The number of benzene rings is 3. The third-order valence-corrected chi connectivity index (χ3v) is 8.32. The molecule has 0 aliphatic rings. The van der Waals surface area contributed by atoms with Gasteiger partial charge in [-0.1, -0.05) is 77.8 Å². The molecule has 0 aromatic heterocycles. The quantitative estimate of drug-likeness (QED) is 0.307. The molecule has 38 heavy (non-hydrogen) atoms. The summed E-state index contributed by atoms with van der Waals surface area (Å²) >= 11 is 9.63. The van der Waals surface area contributed by atoms with Gasteiger partial charge < -0.3 is 10.2 Å². The summed E-state index contributed by atoms with van der Waals surface area (Å²) in [6.07, 6.45) is 0. The van der Waals surface area contributed by atoms with Crippen molar-refractivity contribution in [2.24, 2.45) is 5.92 Å². The van der Waals surface area contributed by atoms with Gasteiger partial charge in [-0.3, -0.25) is 13.9 Å². The van der Waals surface area contributed by atoms with E-state index in [1.807, 2.05) is 38.1 Å². The van der Waals surface area contributed by atoms with Gasteiger partial charge in [0.2, 0.25) is 11.8 Å². The summed E-state index contributed by atoms with van der Waals surface area (Å²) in [6, 6.07) is 20.8. The Balaban J connectivity index is 2.00. The monoisotopic (exact) mass is 619 g/mol. The second-order valence-corrected chi connectivity index (χ2v) is 12.5. The Morgan fingerprint density at radius 3 is 2.26 bits per heavy atom. The third kappa shape index (κ3) is 7.82. The first-order valence-corrected chi connectivity index (χ1v) is 14.7. The largest absolute Gasteiger partial charge is 0.354 e. The fourth-order valence-corrected chi connectivity index (χ4v) is 5.80. The van der Waals surface area contributed by atoms with Crippen LogP contribution in [0.25, 0.3) is 0 Å². The van der Waals surface area contributed by atoms with Crippen molar-refractivity contribution in [1.29, 1.82) is 0 Å². The van der Waals surface area contributed by atoms with Crippen molar-refractivity contribution in [3.05, 3.63) is 93.9 Å². The van der Waals surface area contributed by atoms with E-state index in [-0.39, 0.29) is 29.0 Å². The van der Waals surface area contributed by atoms with Crippen LogP contribution in [0.15, 0.2) is 88.2 Å². The molecule has 10 heteroatoms. The number of hydrogen-bond acceptors (Lipinski definition) is 4. The van der Waals surface area contributed by atoms with Crippen molar-refractivity contribution < 1.29 is 18.0 Å². The van der Waals surface area contributed by atoms with Crippen molar-refractivity contribution in [3.8, 4) is 0 Å². The standard InChI is InChI=1S/C28H31BrClN3O4S/c1-20(2)17-31-28(35)21(3)32(18-22-9-7-10-23(29)15-22)27(34)19-33(25-12-8-11-24(30)16-25)38(36,37)26-13-5-4-6-14-26/h4-16,20-21H,17-19H2,1-3H3,(H,31,35)/t21-/m1/s1. The summed E-state index contributed by atoms with van der Waals surface area (Å²) in [5, 5.41) is 3.20. The van der Waals surface area contributed by atoms with Gasteiger partial charge in [-0.2, -0.15) is 0 Å². The normalized spacial score (nSPS) is 12.2. The van der Waals surface area contributed by atoms with E-state index in [9.17, 15) is 18.0 Å². The lowest BCUT2D eigenvalue weighted by Gasteiger charge is -2.32. The van der Waals surface area contributed by atoms with Gasteiger partial charge in [0.05, 0.1) is 10.6 Å². The van der Waals surface area contributed by atoms with Crippen molar-refractivity contribution in [2.75, 3.05) is 17.4 Å². The summed E-state index contributed by atoms with van der Waals surface area (Å²) in [5.74, 6) is -0.617. The number of halogens is 2. The maximum absolute atomic E-state index is 13.9. The molecule has 0 saturated heterocycles. The van der Waals surface area contributed by atoms with Gasteiger partial charge in [-0.25, -0.2) is 8.42 Å². The number of anilines is 1. The smallest absolute Gasteiger partial charge is 0.264 e. The Kier molecular flexibility index (Phi) is 10.4. The predicted octanol–water partition coefficient (Wildman–Crippen LogP) is 5.49. The van der Waals surface area contributed by atoms with E-state index >= 15 is 0 Å². The molecule has 0 aliphatic heterocycles. The summed E-state index contributed by atoms with van der Waals surface area (Å²) in [6.45, 7) is 5.65. The van der Waals surface area contributed by atoms with Gasteiger partial charge in [0.1, 0.15) is 12.6 Å². The van der Waals surface area contributed by atoms with E-state index < -0.39 is 28.5 Å². The van der Waals surface area contributed by atoms with Crippen molar-refractivity contribution in [1.82, 2.24) is 10.2 Å². The minimum absolute atomic E-state index is 0.0361. The van der Waals surface area contributed by atoms with Gasteiger partial charge in [0.15, 0.2) is 0 Å². The molecule has 3 aromatic rings. The molecule has 0 unspecified atom stereocenters. The Hall–Kier alpha value is -2.88. The fourth-order valence-electron chi connectivity index (χ4n) is 3.75. The molecule has 0 heterocycles. The van der Waals surface area contributed by atoms with E-state index in [2.05, 4.69) is 21.2 Å². The Morgan fingerprint density at radius 1 is 0.947 bits per heavy atom. The van der Waals surface area contributed by atoms with Crippen LogP contribution in [0.1, 0.15) is 26.3 Å². The lowest BCUT2D eigenvalue weighted by Crippen LogP contribution is -2.51. The average Bonchev–Trinajstić information content (AvgIpc) is 2.88. The van der Waals surface area contributed by atoms with Gasteiger partial charge in [-0.05, 0) is 60.9 Å². The molecular formula is C28H31BrClN3O4S. The Bertz CT molecular complexity index is 1370. The summed E-state index contributed by atoms with van der Waals surface area (Å²) < 4.78 is 29.3. The maximum atomic E-state index is 13.9. The highest BCUT2D eigenvalue weighted by molar-refractivity contribution is 9.10. The highest BCUT2D eigenvalue weighted by Gasteiger charge is 2.32. The van der Waals surface area contributed by atoms with Gasteiger partial charge in [-0.15, -0.1) is 0 Å². The highest BCUT2D eigenvalue weighted by atomic mass is 79.9. The zero-order chi connectivity index (χ0) is 27.9. The first-order chi connectivity index (χ1) is 18.0. The second-order valence-electron chi connectivity index (χ2n) is 9.27. The molecule has 2 amide bonds. The predicted molar refractivity (Wildman–Crippen MR) is 154 cm³/mol. The van der Waals surface area contributed by atoms with Crippen LogP contribution < -0.4 is 9.62 Å². The minimum atomic E-state index is -4.13. The lowest BCUT2D eigenvalue weighted by molar-refractivity contribution is -0.139. The van der Waals surface area contributed by atoms with Crippen LogP contribution in [0, 0.1) is 5.92 Å². The number of carbonyl (C=O) groups excluding carboxylic acids is 2. The number of sulfonamides is 1. The molecule has 0 aliphatic carbocycles. The van der Waals surface area contributed by atoms with E-state index in [1.54, 1.807) is 43.3 Å². The molecule has 202 valence electrons. The van der Waals surface area contributed by atoms with Crippen LogP contribution >= 0.6 is 27.5 Å². The van der Waals surface area contributed by atoms with E-state index in [0.717, 1.165) is 14.3 Å². The number of nitrogens with one attached hydrogen (secondary N) is 1. The van der Waals surface area contributed by atoms with Crippen molar-refractivity contribution in [2.45, 2.75) is 38.3 Å². The van der Waals surface area contributed by atoms with Gasteiger partial charge >= 0.3 is 0 Å². The van der Waals surface area contributed by atoms with Crippen LogP contribution in [0.5, 0.6) is 0 Å². The molecule has 0 spiro atoms. The molecule has 3 aromatic carbocycles. The molecule has 1 atom stereocenters. The van der Waals surface area contributed by atoms with Gasteiger partial charge in [0.25, 0.3) is 10.0 Å². The van der Waals surface area contributed by atoms with Crippen LogP contribution in [-0.4, -0.2) is 44.3 Å². The number of amides is 2. The van der Waals surface area contributed by atoms with Crippen LogP contribution in [0.2, 0.25) is 5.02 Å². The Labute approximate surface area is 238 Å². The lowest BCUT2D eigenvalue weighted by atomic mass is 10.1. The molecule has 0 fully saturated rings. The topological polar surface area (TPSA) is 86.8 Å². The highest BCUT2D eigenvalue weighted by Crippen LogP contribution is 2.27. The molecule has 1 N–H and O–H groups in total. The Morgan fingerprint density at radius 2 is 1.63 bits per heavy atom. The summed E-state index contributed by atoms with van der Waals surface area (Å²) in [7, 11) is -4.13. The number of carbonyl (C=O) groups is 2. The summed E-state index contributed by atoms with van der Waals surface area (Å²) in [4.78, 5) is 28.3. The van der Waals surface area contributed by atoms with Crippen molar-refractivity contribution in [3.63, 3.8) is 0 Å². The first-order valence-electron chi connectivity index (χ1n) is 12.1. The van der Waals surface area contributed by atoms with E-state index in [1.165, 1.54) is 23.1 Å². The number of hydrogen-bond donors (Lipinski definition) is 1. The van der Waals surface area contributed by atoms with Crippen LogP contribution in [0.4, 0.5) is 5.69 Å². The van der Waals surface area contributed by atoms with Crippen molar-refractivity contribution >= 4 is 55.1 Å². The van der Waals surface area contributed by atoms with E-state index in [0.29, 0.717) is 11.6 Å². The van der Waals surface area contributed by atoms with E-state index in [4.69, 9.17) is 11.6 Å². The summed E-state index contributed by atoms with van der Waals surface area (Å²) in [5.41, 5.74) is 1.03. The third-order valence-electron chi connectivity index (χ3n) is 5.80. The zero-order valence-electron chi connectivity index (χ0n) is 21.5. The molecule has 0 bridgehead atoms. The average molecular weight is 621 g/mol. The molecule has 3 rings (SSSR count). The number of nitrogens with zero attached hydrogens (tertiary/aromatic N) is 2. The maximum Gasteiger partial charge on any atom is 0.264 e. The zero-order valence-corrected chi connectivity index (χ0v) is 24.6. The fraction of sp³-hybridized carbons (Fsp3) is 0.286. The molecule has 0 radical (unpaired) electrons. The minimum Gasteiger partial charge on any atom is -0.354 e. The number of rotatable bonds is 11. The SMILES string of the molecule is CC(C)CNC(=O)[C@@H](C)N(Cc1cccc(Br)c1)C(=O)CN(c1cccc(Cl)c1)S(=O)(=O)c1ccccc1.